The second-order valence-electron chi connectivity index (χ2n) is 6.96. The van der Waals surface area contributed by atoms with Crippen molar-refractivity contribution >= 4 is 10.9 Å². The molecule has 3 aromatic rings. The molecule has 0 atom stereocenters. The summed E-state index contributed by atoms with van der Waals surface area (Å²) in [7, 11) is 2.08. The van der Waals surface area contributed by atoms with E-state index in [0.717, 1.165) is 41.7 Å². The summed E-state index contributed by atoms with van der Waals surface area (Å²) in [5, 5.41) is 1.10. The molecule has 5 heteroatoms. The first-order valence-electron chi connectivity index (χ1n) is 8.53. The van der Waals surface area contributed by atoms with E-state index in [9.17, 15) is 8.78 Å². The predicted octanol–water partition coefficient (Wildman–Crippen LogP) is 4.12. The molecule has 25 heavy (non-hydrogen) atoms. The first-order valence-corrected chi connectivity index (χ1v) is 8.53. The highest BCUT2D eigenvalue weighted by molar-refractivity contribution is 5.86. The molecule has 1 aliphatic rings. The molecule has 0 spiro atoms. The number of halogens is 2. The number of alkyl halides is 2. The molecule has 0 unspecified atom stereocenters. The normalized spacial score (nSPS) is 15.5. The number of benzene rings is 1. The molecule has 0 saturated heterocycles. The minimum atomic E-state index is -2.93. The number of likely N-dealkylation sites (N-methyl/N-ethyl adjacent to an activating group) is 1. The fraction of sp³-hybridized carbons (Fsp3) is 0.350. The van der Waals surface area contributed by atoms with Gasteiger partial charge in [-0.1, -0.05) is 11.6 Å². The quantitative estimate of drug-likeness (QED) is 0.714. The van der Waals surface area contributed by atoms with Gasteiger partial charge in [0.25, 0.3) is 5.92 Å². The number of hydrogen-bond donors (Lipinski definition) is 0. The second-order valence-corrected chi connectivity index (χ2v) is 6.96. The fourth-order valence-electron chi connectivity index (χ4n) is 3.76. The average molecular weight is 341 g/mol. The second kappa shape index (κ2) is 5.92. The van der Waals surface area contributed by atoms with Crippen LogP contribution in [0.2, 0.25) is 0 Å². The maximum absolute atomic E-state index is 14.9. The van der Waals surface area contributed by atoms with E-state index in [1.165, 1.54) is 30.1 Å². The van der Waals surface area contributed by atoms with Crippen LogP contribution in [0.1, 0.15) is 22.4 Å². The highest BCUT2D eigenvalue weighted by Crippen LogP contribution is 2.36. The largest absolute Gasteiger partial charge is 0.338 e. The number of pyridine rings is 1. The molecule has 1 aromatic carbocycles. The molecule has 0 radical (unpaired) electrons. The maximum Gasteiger partial charge on any atom is 0.290 e. The molecule has 0 N–H and O–H groups in total. The Hall–Kier alpha value is -2.27. The van der Waals surface area contributed by atoms with E-state index in [1.807, 2.05) is 23.6 Å². The number of fused-ring (bicyclic) bond motifs is 3. The standard InChI is InChI=1S/C20H21F2N3/c1-14-3-4-18-16(11-14)17-12-24(2)10-7-19(17)25(18)13-20(21,22)15-5-8-23-9-6-15/h3-6,8-9,11H,7,10,12-13H2,1-2H3. The van der Waals surface area contributed by atoms with Crippen molar-refractivity contribution in [2.75, 3.05) is 13.6 Å². The Morgan fingerprint density at radius 2 is 1.92 bits per heavy atom. The minimum absolute atomic E-state index is 0.0122. The van der Waals surface area contributed by atoms with Gasteiger partial charge >= 0.3 is 0 Å². The Balaban J connectivity index is 1.85. The van der Waals surface area contributed by atoms with Crippen LogP contribution in [0, 0.1) is 6.92 Å². The Bertz CT molecular complexity index is 916. The predicted molar refractivity (Wildman–Crippen MR) is 94.8 cm³/mol. The van der Waals surface area contributed by atoms with Crippen LogP contribution in [-0.2, 0) is 25.4 Å². The number of hydrogen-bond acceptors (Lipinski definition) is 2. The van der Waals surface area contributed by atoms with Gasteiger partial charge in [-0.15, -0.1) is 0 Å². The number of nitrogens with zero attached hydrogens (tertiary/aromatic N) is 3. The van der Waals surface area contributed by atoms with Gasteiger partial charge in [-0.05, 0) is 43.8 Å². The topological polar surface area (TPSA) is 21.1 Å². The van der Waals surface area contributed by atoms with E-state index in [2.05, 4.69) is 23.0 Å². The zero-order valence-electron chi connectivity index (χ0n) is 14.5. The van der Waals surface area contributed by atoms with Crippen LogP contribution in [0.5, 0.6) is 0 Å². The first kappa shape index (κ1) is 16.2. The van der Waals surface area contributed by atoms with Gasteiger partial charge in [-0.25, -0.2) is 0 Å². The van der Waals surface area contributed by atoms with E-state index in [4.69, 9.17) is 0 Å². The lowest BCUT2D eigenvalue weighted by atomic mass is 10.0. The molecule has 0 aliphatic carbocycles. The monoisotopic (exact) mass is 341 g/mol. The Morgan fingerprint density at radius 1 is 1.16 bits per heavy atom. The highest BCUT2D eigenvalue weighted by atomic mass is 19.3. The van der Waals surface area contributed by atoms with Gasteiger partial charge in [-0.3, -0.25) is 4.98 Å². The van der Waals surface area contributed by atoms with Crippen LogP contribution in [-0.4, -0.2) is 28.0 Å². The Morgan fingerprint density at radius 3 is 2.68 bits per heavy atom. The van der Waals surface area contributed by atoms with Crippen LogP contribution in [0.25, 0.3) is 10.9 Å². The number of rotatable bonds is 3. The SMILES string of the molecule is Cc1ccc2c(c1)c1c(n2CC(F)(F)c2ccncc2)CCN(C)C1. The van der Waals surface area contributed by atoms with Crippen molar-refractivity contribution in [3.05, 3.63) is 65.1 Å². The lowest BCUT2D eigenvalue weighted by Gasteiger charge is -2.26. The van der Waals surface area contributed by atoms with Crippen molar-refractivity contribution in [2.45, 2.75) is 32.4 Å². The third-order valence-electron chi connectivity index (χ3n) is 5.06. The summed E-state index contributed by atoms with van der Waals surface area (Å²) in [5.74, 6) is -2.93. The van der Waals surface area contributed by atoms with Gasteiger partial charge in [0.1, 0.15) is 0 Å². The lowest BCUT2D eigenvalue weighted by molar-refractivity contribution is -0.0220. The van der Waals surface area contributed by atoms with Crippen LogP contribution < -0.4 is 0 Å². The summed E-state index contributed by atoms with van der Waals surface area (Å²) in [4.78, 5) is 6.09. The molecule has 0 saturated carbocycles. The van der Waals surface area contributed by atoms with Gasteiger partial charge < -0.3 is 9.47 Å². The van der Waals surface area contributed by atoms with Gasteiger partial charge in [0.15, 0.2) is 0 Å². The first-order chi connectivity index (χ1) is 12.0. The molecular weight excluding hydrogens is 320 g/mol. The van der Waals surface area contributed by atoms with Crippen molar-refractivity contribution in [1.82, 2.24) is 14.5 Å². The van der Waals surface area contributed by atoms with Gasteiger partial charge in [-0.2, -0.15) is 8.78 Å². The molecule has 3 nitrogen and oxygen atoms in total. The Kier molecular flexibility index (Phi) is 3.84. The van der Waals surface area contributed by atoms with E-state index in [1.54, 1.807) is 0 Å². The lowest BCUT2D eigenvalue weighted by Crippen LogP contribution is -2.29. The van der Waals surface area contributed by atoms with Crippen LogP contribution in [0.15, 0.2) is 42.7 Å². The number of aromatic nitrogens is 2. The van der Waals surface area contributed by atoms with Crippen LogP contribution >= 0.6 is 0 Å². The summed E-state index contributed by atoms with van der Waals surface area (Å²) >= 11 is 0. The van der Waals surface area contributed by atoms with E-state index < -0.39 is 5.92 Å². The van der Waals surface area contributed by atoms with E-state index in [-0.39, 0.29) is 12.1 Å². The van der Waals surface area contributed by atoms with Crippen molar-refractivity contribution < 1.29 is 8.78 Å². The van der Waals surface area contributed by atoms with E-state index >= 15 is 0 Å². The van der Waals surface area contributed by atoms with Gasteiger partial charge in [0.05, 0.1) is 6.54 Å². The van der Waals surface area contributed by atoms with Gasteiger partial charge in [0, 0.05) is 54.1 Å². The molecule has 3 heterocycles. The van der Waals surface area contributed by atoms with Crippen molar-refractivity contribution in [3.8, 4) is 0 Å². The molecular formula is C20H21F2N3. The zero-order chi connectivity index (χ0) is 17.6. The summed E-state index contributed by atoms with van der Waals surface area (Å²) in [6.45, 7) is 3.41. The highest BCUT2D eigenvalue weighted by Gasteiger charge is 2.34. The third-order valence-corrected chi connectivity index (χ3v) is 5.06. The third kappa shape index (κ3) is 2.82. The number of aryl methyl sites for hydroxylation is 1. The van der Waals surface area contributed by atoms with E-state index in [0.29, 0.717) is 0 Å². The summed E-state index contributed by atoms with van der Waals surface area (Å²) in [5.41, 5.74) is 4.31. The molecule has 0 amide bonds. The zero-order valence-corrected chi connectivity index (χ0v) is 14.5. The molecule has 2 aromatic heterocycles. The smallest absolute Gasteiger partial charge is 0.290 e. The molecule has 130 valence electrons. The summed E-state index contributed by atoms with van der Waals surface area (Å²) in [6, 6.07) is 8.89. The molecule has 4 rings (SSSR count). The average Bonchev–Trinajstić information content (AvgIpc) is 2.88. The van der Waals surface area contributed by atoms with Crippen molar-refractivity contribution in [2.24, 2.45) is 0 Å². The Labute approximate surface area is 145 Å². The maximum atomic E-state index is 14.9. The van der Waals surface area contributed by atoms with Crippen molar-refractivity contribution in [3.63, 3.8) is 0 Å². The molecule has 0 fully saturated rings. The molecule has 1 aliphatic heterocycles. The van der Waals surface area contributed by atoms with Crippen molar-refractivity contribution in [1.29, 1.82) is 0 Å². The van der Waals surface area contributed by atoms with Gasteiger partial charge in [0.2, 0.25) is 0 Å². The van der Waals surface area contributed by atoms with Crippen LogP contribution in [0.4, 0.5) is 8.78 Å². The minimum Gasteiger partial charge on any atom is -0.338 e. The summed E-state index contributed by atoms with van der Waals surface area (Å²) in [6.07, 6.45) is 3.64. The fourth-order valence-corrected chi connectivity index (χ4v) is 3.76. The molecule has 0 bridgehead atoms. The summed E-state index contributed by atoms with van der Waals surface area (Å²) < 4.78 is 31.7. The van der Waals surface area contributed by atoms with Crippen LogP contribution in [0.3, 0.4) is 0 Å².